The number of hydrogen-bond donors (Lipinski definition) is 2. The largest absolute Gasteiger partial charge is 0.457 e. The average molecular weight is 270 g/mol. The van der Waals surface area contributed by atoms with Gasteiger partial charge < -0.3 is 16.2 Å². The molecule has 0 spiro atoms. The molecule has 2 aromatic carbocycles. The Morgan fingerprint density at radius 1 is 1.15 bits per heavy atom. The number of carbonyl (C=O) groups is 1. The van der Waals surface area contributed by atoms with Crippen LogP contribution in [0, 0.1) is 0 Å². The molecule has 4 heteroatoms. The molecule has 1 amide bonds. The van der Waals surface area contributed by atoms with Crippen LogP contribution in [0.1, 0.15) is 35.3 Å². The molecule has 0 saturated heterocycles. The maximum absolute atomic E-state index is 11.3. The topological polar surface area (TPSA) is 78.3 Å². The van der Waals surface area contributed by atoms with E-state index < -0.39 is 5.91 Å². The number of ether oxygens (including phenoxy) is 1. The molecule has 0 saturated carbocycles. The Balaban J connectivity index is 2.20. The van der Waals surface area contributed by atoms with Crippen LogP contribution in [0.5, 0.6) is 11.5 Å². The molecule has 0 aliphatic carbocycles. The second-order valence-corrected chi connectivity index (χ2v) is 4.55. The van der Waals surface area contributed by atoms with Gasteiger partial charge in [-0.2, -0.15) is 0 Å². The van der Waals surface area contributed by atoms with Gasteiger partial charge in [0.1, 0.15) is 11.5 Å². The van der Waals surface area contributed by atoms with E-state index >= 15 is 0 Å². The summed E-state index contributed by atoms with van der Waals surface area (Å²) < 4.78 is 5.70. The lowest BCUT2D eigenvalue weighted by Gasteiger charge is -2.12. The maximum Gasteiger partial charge on any atom is 0.252 e. The molecule has 104 valence electrons. The van der Waals surface area contributed by atoms with Crippen molar-refractivity contribution in [2.75, 3.05) is 0 Å². The van der Waals surface area contributed by atoms with Crippen molar-refractivity contribution < 1.29 is 9.53 Å². The van der Waals surface area contributed by atoms with E-state index in [0.717, 1.165) is 12.0 Å². The number of carbonyl (C=O) groups excluding carboxylic acids is 1. The van der Waals surface area contributed by atoms with Gasteiger partial charge in [0, 0.05) is 6.04 Å². The normalized spacial score (nSPS) is 11.9. The highest BCUT2D eigenvalue weighted by atomic mass is 16.5. The van der Waals surface area contributed by atoms with Crippen molar-refractivity contribution >= 4 is 5.91 Å². The summed E-state index contributed by atoms with van der Waals surface area (Å²) in [5.74, 6) is 0.587. The van der Waals surface area contributed by atoms with Gasteiger partial charge >= 0.3 is 0 Å². The van der Waals surface area contributed by atoms with Crippen molar-refractivity contribution in [3.63, 3.8) is 0 Å². The molecule has 20 heavy (non-hydrogen) atoms. The fourth-order valence-electron chi connectivity index (χ4n) is 1.90. The number of nitrogens with two attached hydrogens (primary N) is 2. The predicted molar refractivity (Wildman–Crippen MR) is 78.7 cm³/mol. The lowest BCUT2D eigenvalue weighted by molar-refractivity contribution is 0.0998. The monoisotopic (exact) mass is 270 g/mol. The van der Waals surface area contributed by atoms with E-state index in [1.165, 1.54) is 0 Å². The second kappa shape index (κ2) is 6.21. The van der Waals surface area contributed by atoms with E-state index in [0.29, 0.717) is 17.1 Å². The highest BCUT2D eigenvalue weighted by Gasteiger charge is 2.09. The first-order valence-electron chi connectivity index (χ1n) is 6.54. The zero-order valence-electron chi connectivity index (χ0n) is 11.4. The highest BCUT2D eigenvalue weighted by molar-refractivity contribution is 5.95. The molecule has 2 aromatic rings. The summed E-state index contributed by atoms with van der Waals surface area (Å²) in [6, 6.07) is 14.4. The third kappa shape index (κ3) is 3.16. The lowest BCUT2D eigenvalue weighted by atomic mass is 10.1. The van der Waals surface area contributed by atoms with E-state index in [1.807, 2.05) is 31.2 Å². The van der Waals surface area contributed by atoms with Gasteiger partial charge in [0.05, 0.1) is 5.56 Å². The molecule has 0 aromatic heterocycles. The number of rotatable bonds is 5. The zero-order chi connectivity index (χ0) is 14.5. The molecule has 4 N–H and O–H groups in total. The first-order chi connectivity index (χ1) is 9.61. The van der Waals surface area contributed by atoms with E-state index in [2.05, 4.69) is 0 Å². The molecular weight excluding hydrogens is 252 g/mol. The minimum Gasteiger partial charge on any atom is -0.457 e. The highest BCUT2D eigenvalue weighted by Crippen LogP contribution is 2.26. The molecule has 1 atom stereocenters. The first-order valence-corrected chi connectivity index (χ1v) is 6.54. The summed E-state index contributed by atoms with van der Waals surface area (Å²) in [5.41, 5.74) is 12.7. The van der Waals surface area contributed by atoms with Gasteiger partial charge in [-0.25, -0.2) is 0 Å². The number of amides is 1. The minimum atomic E-state index is -0.509. The maximum atomic E-state index is 11.3. The van der Waals surface area contributed by atoms with Gasteiger partial charge in [-0.15, -0.1) is 0 Å². The Labute approximate surface area is 118 Å². The van der Waals surface area contributed by atoms with Crippen LogP contribution in [0.2, 0.25) is 0 Å². The van der Waals surface area contributed by atoms with Crippen LogP contribution in [0.15, 0.2) is 48.5 Å². The SMILES string of the molecule is CC[C@H](N)c1ccc(Oc2ccccc2C(N)=O)cc1. The Kier molecular flexibility index (Phi) is 4.38. The van der Waals surface area contributed by atoms with E-state index in [1.54, 1.807) is 24.3 Å². The first kappa shape index (κ1) is 14.1. The van der Waals surface area contributed by atoms with Gasteiger partial charge in [0.15, 0.2) is 0 Å². The fourth-order valence-corrected chi connectivity index (χ4v) is 1.90. The van der Waals surface area contributed by atoms with Gasteiger partial charge in [0.2, 0.25) is 0 Å². The molecule has 0 radical (unpaired) electrons. The summed E-state index contributed by atoms with van der Waals surface area (Å²) in [5, 5.41) is 0. The van der Waals surface area contributed by atoms with Crippen LogP contribution in [0.25, 0.3) is 0 Å². The zero-order valence-corrected chi connectivity index (χ0v) is 11.4. The summed E-state index contributed by atoms with van der Waals surface area (Å²) in [6.07, 6.45) is 0.880. The molecule has 0 heterocycles. The third-order valence-electron chi connectivity index (χ3n) is 3.13. The van der Waals surface area contributed by atoms with E-state index in [9.17, 15) is 4.79 Å². The van der Waals surface area contributed by atoms with Gasteiger partial charge in [0.25, 0.3) is 5.91 Å². The van der Waals surface area contributed by atoms with Crippen LogP contribution in [-0.2, 0) is 0 Å². The van der Waals surface area contributed by atoms with Crippen molar-refractivity contribution in [2.45, 2.75) is 19.4 Å². The molecule has 4 nitrogen and oxygen atoms in total. The van der Waals surface area contributed by atoms with Gasteiger partial charge in [-0.1, -0.05) is 31.2 Å². The van der Waals surface area contributed by atoms with Gasteiger partial charge in [-0.05, 0) is 36.2 Å². The van der Waals surface area contributed by atoms with E-state index in [-0.39, 0.29) is 6.04 Å². The Bertz CT molecular complexity index is 594. The Morgan fingerprint density at radius 3 is 2.40 bits per heavy atom. The number of para-hydroxylation sites is 1. The molecule has 0 aliphatic heterocycles. The fraction of sp³-hybridized carbons (Fsp3) is 0.188. The molecule has 0 fully saturated rings. The number of hydrogen-bond acceptors (Lipinski definition) is 3. The number of primary amides is 1. The predicted octanol–water partition coefficient (Wildman–Crippen LogP) is 2.99. The third-order valence-corrected chi connectivity index (χ3v) is 3.13. The van der Waals surface area contributed by atoms with Crippen LogP contribution in [0.3, 0.4) is 0 Å². The molecule has 0 aliphatic rings. The smallest absolute Gasteiger partial charge is 0.252 e. The van der Waals surface area contributed by atoms with Crippen LogP contribution in [-0.4, -0.2) is 5.91 Å². The average Bonchev–Trinajstić information content (AvgIpc) is 2.47. The van der Waals surface area contributed by atoms with Crippen molar-refractivity contribution in [3.8, 4) is 11.5 Å². The van der Waals surface area contributed by atoms with Crippen LogP contribution >= 0.6 is 0 Å². The molecule has 2 rings (SSSR count). The Morgan fingerprint density at radius 2 is 1.80 bits per heavy atom. The Hall–Kier alpha value is -2.33. The summed E-state index contributed by atoms with van der Waals surface area (Å²) >= 11 is 0. The van der Waals surface area contributed by atoms with Crippen LogP contribution < -0.4 is 16.2 Å². The van der Waals surface area contributed by atoms with Crippen molar-refractivity contribution in [1.29, 1.82) is 0 Å². The van der Waals surface area contributed by atoms with Crippen molar-refractivity contribution in [3.05, 3.63) is 59.7 Å². The number of benzene rings is 2. The summed E-state index contributed by atoms with van der Waals surface area (Å²) in [4.78, 5) is 11.3. The molecular formula is C16H18N2O2. The summed E-state index contributed by atoms with van der Waals surface area (Å²) in [7, 11) is 0. The van der Waals surface area contributed by atoms with Crippen LogP contribution in [0.4, 0.5) is 0 Å². The van der Waals surface area contributed by atoms with Crippen molar-refractivity contribution in [2.24, 2.45) is 11.5 Å². The van der Waals surface area contributed by atoms with E-state index in [4.69, 9.17) is 16.2 Å². The standard InChI is InChI=1S/C16H18N2O2/c1-2-14(17)11-7-9-12(10-8-11)20-15-6-4-3-5-13(15)16(18)19/h3-10,14H,2,17H2,1H3,(H2,18,19)/t14-/m0/s1. The lowest BCUT2D eigenvalue weighted by Crippen LogP contribution is -2.12. The van der Waals surface area contributed by atoms with Gasteiger partial charge in [-0.3, -0.25) is 4.79 Å². The molecule has 0 unspecified atom stereocenters. The second-order valence-electron chi connectivity index (χ2n) is 4.55. The molecule has 0 bridgehead atoms. The quantitative estimate of drug-likeness (QED) is 0.876. The minimum absolute atomic E-state index is 0.0296. The summed E-state index contributed by atoms with van der Waals surface area (Å²) in [6.45, 7) is 2.04. The van der Waals surface area contributed by atoms with Crippen molar-refractivity contribution in [1.82, 2.24) is 0 Å².